The molecule has 1 aromatic carbocycles. The first kappa shape index (κ1) is 15.4. The third-order valence-electron chi connectivity index (χ3n) is 4.33. The van der Waals surface area contributed by atoms with Crippen molar-refractivity contribution in [2.24, 2.45) is 0 Å². The molecule has 0 bridgehead atoms. The minimum absolute atomic E-state index is 0.0807. The summed E-state index contributed by atoms with van der Waals surface area (Å²) < 4.78 is 6.82. The summed E-state index contributed by atoms with van der Waals surface area (Å²) in [7, 11) is 1.59. The number of nitrogens with one attached hydrogen (secondary N) is 1. The van der Waals surface area contributed by atoms with E-state index in [1.165, 1.54) is 0 Å². The van der Waals surface area contributed by atoms with Gasteiger partial charge in [0.1, 0.15) is 17.9 Å². The maximum atomic E-state index is 12.4. The maximum Gasteiger partial charge on any atom is 0.251 e. The number of ether oxygens (including phenoxy) is 1. The van der Waals surface area contributed by atoms with Crippen molar-refractivity contribution < 1.29 is 9.53 Å². The molecule has 3 heterocycles. The van der Waals surface area contributed by atoms with Crippen LogP contribution < -0.4 is 15.0 Å². The van der Waals surface area contributed by atoms with Gasteiger partial charge < -0.3 is 15.0 Å². The molecular formula is C17H18N6O2. The van der Waals surface area contributed by atoms with Crippen LogP contribution in [-0.4, -0.2) is 52.0 Å². The summed E-state index contributed by atoms with van der Waals surface area (Å²) in [5, 5.41) is 15.4. The molecule has 1 aliphatic rings. The highest BCUT2D eigenvalue weighted by Gasteiger charge is 2.25. The summed E-state index contributed by atoms with van der Waals surface area (Å²) in [5.41, 5.74) is 1.31. The molecule has 1 amide bonds. The van der Waals surface area contributed by atoms with E-state index in [4.69, 9.17) is 4.74 Å². The molecule has 1 aliphatic heterocycles. The van der Waals surface area contributed by atoms with Crippen LogP contribution in [-0.2, 0) is 0 Å². The number of anilines is 1. The average Bonchev–Trinajstić information content (AvgIpc) is 3.30. The molecule has 2 aromatic heterocycles. The monoisotopic (exact) mass is 338 g/mol. The molecule has 0 spiro atoms. The predicted octanol–water partition coefficient (Wildman–Crippen LogP) is 1.14. The number of benzene rings is 1. The summed E-state index contributed by atoms with van der Waals surface area (Å²) >= 11 is 0. The molecule has 8 heteroatoms. The van der Waals surface area contributed by atoms with Crippen molar-refractivity contribution in [1.29, 1.82) is 0 Å². The Bertz CT molecular complexity index is 909. The summed E-state index contributed by atoms with van der Waals surface area (Å²) in [4.78, 5) is 14.6. The zero-order valence-electron chi connectivity index (χ0n) is 13.8. The molecule has 1 N–H and O–H groups in total. The van der Waals surface area contributed by atoms with E-state index in [9.17, 15) is 4.79 Å². The van der Waals surface area contributed by atoms with Crippen molar-refractivity contribution in [2.45, 2.75) is 12.5 Å². The van der Waals surface area contributed by atoms with Gasteiger partial charge in [0.05, 0.1) is 7.11 Å². The molecule has 25 heavy (non-hydrogen) atoms. The molecule has 1 saturated heterocycles. The maximum absolute atomic E-state index is 12.4. The van der Waals surface area contributed by atoms with E-state index < -0.39 is 0 Å². The quantitative estimate of drug-likeness (QED) is 0.768. The van der Waals surface area contributed by atoms with Crippen molar-refractivity contribution in [1.82, 2.24) is 25.1 Å². The van der Waals surface area contributed by atoms with Gasteiger partial charge in [-0.3, -0.25) is 4.79 Å². The number of methoxy groups -OCH3 is 1. The second kappa shape index (κ2) is 6.39. The number of aromatic nitrogens is 4. The van der Waals surface area contributed by atoms with Crippen molar-refractivity contribution in [3.05, 3.63) is 48.3 Å². The average molecular weight is 338 g/mol. The largest absolute Gasteiger partial charge is 0.497 e. The zero-order valence-corrected chi connectivity index (χ0v) is 13.8. The summed E-state index contributed by atoms with van der Waals surface area (Å²) in [6.45, 7) is 1.56. The van der Waals surface area contributed by atoms with Crippen LogP contribution >= 0.6 is 0 Å². The Hall–Kier alpha value is -3.16. The first-order valence-corrected chi connectivity index (χ1v) is 8.10. The number of nitrogens with zero attached hydrogens (tertiary/aromatic N) is 5. The first-order valence-electron chi connectivity index (χ1n) is 8.10. The zero-order chi connectivity index (χ0) is 17.2. The molecule has 3 aromatic rings. The van der Waals surface area contributed by atoms with Crippen LogP contribution in [0.25, 0.3) is 5.65 Å². The number of amides is 1. The van der Waals surface area contributed by atoms with Gasteiger partial charge in [-0.1, -0.05) is 6.07 Å². The molecular weight excluding hydrogens is 320 g/mol. The van der Waals surface area contributed by atoms with Gasteiger partial charge in [0, 0.05) is 24.7 Å². The fraction of sp³-hybridized carbons (Fsp3) is 0.294. The Morgan fingerprint density at radius 3 is 3.12 bits per heavy atom. The highest BCUT2D eigenvalue weighted by Crippen LogP contribution is 2.19. The van der Waals surface area contributed by atoms with E-state index in [-0.39, 0.29) is 11.9 Å². The Morgan fingerprint density at radius 1 is 1.32 bits per heavy atom. The summed E-state index contributed by atoms with van der Waals surface area (Å²) in [6.07, 6.45) is 2.45. The minimum atomic E-state index is -0.0898. The Morgan fingerprint density at radius 2 is 2.24 bits per heavy atom. The smallest absolute Gasteiger partial charge is 0.251 e. The Kier molecular flexibility index (Phi) is 3.93. The van der Waals surface area contributed by atoms with E-state index in [2.05, 4.69) is 25.5 Å². The van der Waals surface area contributed by atoms with Gasteiger partial charge in [0.2, 0.25) is 0 Å². The lowest BCUT2D eigenvalue weighted by molar-refractivity contribution is 0.0940. The number of carbonyl (C=O) groups is 1. The fourth-order valence-electron chi connectivity index (χ4n) is 3.01. The Balaban J connectivity index is 1.42. The van der Waals surface area contributed by atoms with Gasteiger partial charge in [-0.2, -0.15) is 4.52 Å². The van der Waals surface area contributed by atoms with Crippen LogP contribution in [0, 0.1) is 0 Å². The lowest BCUT2D eigenvalue weighted by atomic mass is 10.2. The third kappa shape index (κ3) is 3.10. The molecule has 4 rings (SSSR count). The number of hydrogen-bond acceptors (Lipinski definition) is 6. The molecule has 0 aliphatic carbocycles. The van der Waals surface area contributed by atoms with Gasteiger partial charge in [-0.05, 0) is 36.8 Å². The van der Waals surface area contributed by atoms with Gasteiger partial charge in [-0.15, -0.1) is 15.3 Å². The topological polar surface area (TPSA) is 84.6 Å². The van der Waals surface area contributed by atoms with Gasteiger partial charge in [0.25, 0.3) is 5.91 Å². The second-order valence-electron chi connectivity index (χ2n) is 5.96. The van der Waals surface area contributed by atoms with E-state index in [0.717, 1.165) is 25.3 Å². The van der Waals surface area contributed by atoms with Crippen molar-refractivity contribution >= 4 is 17.4 Å². The van der Waals surface area contributed by atoms with Crippen LogP contribution in [0.3, 0.4) is 0 Å². The van der Waals surface area contributed by atoms with Gasteiger partial charge in [0.15, 0.2) is 5.65 Å². The van der Waals surface area contributed by atoms with E-state index in [0.29, 0.717) is 17.0 Å². The van der Waals surface area contributed by atoms with E-state index in [1.54, 1.807) is 30.1 Å². The van der Waals surface area contributed by atoms with Crippen LogP contribution in [0.4, 0.5) is 5.82 Å². The standard InChI is InChI=1S/C17H18N6O2/c1-25-14-4-2-3-12(9-14)17(24)19-13-7-8-22(10-13)16-6-5-15-20-18-11-23(15)21-16/h2-6,9,11,13H,7-8,10H2,1H3,(H,19,24)/t13-/m1/s1. The van der Waals surface area contributed by atoms with E-state index in [1.807, 2.05) is 24.3 Å². The third-order valence-corrected chi connectivity index (χ3v) is 4.33. The van der Waals surface area contributed by atoms with Crippen LogP contribution in [0.15, 0.2) is 42.7 Å². The molecule has 8 nitrogen and oxygen atoms in total. The van der Waals surface area contributed by atoms with Crippen LogP contribution in [0.1, 0.15) is 16.8 Å². The highest BCUT2D eigenvalue weighted by molar-refractivity contribution is 5.94. The number of carbonyl (C=O) groups excluding carboxylic acids is 1. The molecule has 128 valence electrons. The van der Waals surface area contributed by atoms with Gasteiger partial charge >= 0.3 is 0 Å². The van der Waals surface area contributed by atoms with Crippen LogP contribution in [0.2, 0.25) is 0 Å². The van der Waals surface area contributed by atoms with Crippen molar-refractivity contribution in [3.63, 3.8) is 0 Å². The number of fused-ring (bicyclic) bond motifs is 1. The number of rotatable bonds is 4. The first-order chi connectivity index (χ1) is 12.2. The summed E-state index contributed by atoms with van der Waals surface area (Å²) in [5.74, 6) is 1.44. The van der Waals surface area contributed by atoms with Crippen molar-refractivity contribution in [2.75, 3.05) is 25.1 Å². The lowest BCUT2D eigenvalue weighted by Gasteiger charge is -2.18. The highest BCUT2D eigenvalue weighted by atomic mass is 16.5. The second-order valence-corrected chi connectivity index (χ2v) is 5.96. The summed E-state index contributed by atoms with van der Waals surface area (Å²) in [6, 6.07) is 11.1. The lowest BCUT2D eigenvalue weighted by Crippen LogP contribution is -2.37. The molecule has 1 atom stereocenters. The van der Waals surface area contributed by atoms with Crippen LogP contribution in [0.5, 0.6) is 5.75 Å². The van der Waals surface area contributed by atoms with Crippen molar-refractivity contribution in [3.8, 4) is 5.75 Å². The normalized spacial score (nSPS) is 17.0. The SMILES string of the molecule is COc1cccc(C(=O)N[C@@H]2CCN(c3ccc4nncn4n3)C2)c1. The molecule has 1 fully saturated rings. The predicted molar refractivity (Wildman–Crippen MR) is 91.9 cm³/mol. The van der Waals surface area contributed by atoms with Gasteiger partial charge in [-0.25, -0.2) is 0 Å². The molecule has 0 radical (unpaired) electrons. The number of hydrogen-bond donors (Lipinski definition) is 1. The molecule has 0 saturated carbocycles. The Labute approximate surface area is 144 Å². The molecule has 0 unspecified atom stereocenters. The fourth-order valence-corrected chi connectivity index (χ4v) is 3.01. The minimum Gasteiger partial charge on any atom is -0.497 e. The van der Waals surface area contributed by atoms with E-state index >= 15 is 0 Å².